The third-order valence-electron chi connectivity index (χ3n) is 2.82. The normalized spacial score (nSPS) is 11.6. The summed E-state index contributed by atoms with van der Waals surface area (Å²) < 4.78 is 10.6. The molecule has 0 amide bonds. The van der Waals surface area contributed by atoms with Gasteiger partial charge in [-0.2, -0.15) is 5.26 Å². The van der Waals surface area contributed by atoms with Crippen LogP contribution >= 0.6 is 0 Å². The second-order valence-corrected chi connectivity index (χ2v) is 4.36. The minimum atomic E-state index is 0.202. The Morgan fingerprint density at radius 3 is 2.89 bits per heavy atom. The maximum atomic E-state index is 8.86. The van der Waals surface area contributed by atoms with Gasteiger partial charge in [0, 0.05) is 18.5 Å². The molecule has 4 nitrogen and oxygen atoms in total. The van der Waals surface area contributed by atoms with Gasteiger partial charge in [-0.05, 0) is 31.2 Å². The van der Waals surface area contributed by atoms with Gasteiger partial charge < -0.3 is 14.5 Å². The molecule has 1 aromatic carbocycles. The van der Waals surface area contributed by atoms with Crippen molar-refractivity contribution in [2.24, 2.45) is 0 Å². The second-order valence-electron chi connectivity index (χ2n) is 4.36. The van der Waals surface area contributed by atoms with E-state index >= 15 is 0 Å². The van der Waals surface area contributed by atoms with Crippen LogP contribution in [-0.2, 0) is 6.42 Å². The first-order chi connectivity index (χ1) is 9.22. The Hall–Kier alpha value is -2.41. The lowest BCUT2D eigenvalue weighted by Gasteiger charge is -2.16. The van der Waals surface area contributed by atoms with Gasteiger partial charge in [0.25, 0.3) is 0 Å². The summed E-state index contributed by atoms with van der Waals surface area (Å²) in [4.78, 5) is 0. The minimum absolute atomic E-state index is 0.202. The van der Waals surface area contributed by atoms with E-state index in [2.05, 4.69) is 18.3 Å². The molecule has 0 spiro atoms. The van der Waals surface area contributed by atoms with Crippen LogP contribution in [0.2, 0.25) is 0 Å². The molecule has 0 radical (unpaired) electrons. The monoisotopic (exact) mass is 256 g/mol. The van der Waals surface area contributed by atoms with Crippen molar-refractivity contribution in [1.82, 2.24) is 0 Å². The SMILES string of the molecule is COc1cc(C#N)ccc1NC(C)Cc1ccco1. The molecule has 0 fully saturated rings. The third-order valence-corrected chi connectivity index (χ3v) is 2.82. The van der Waals surface area contributed by atoms with E-state index in [0.29, 0.717) is 11.3 Å². The quantitative estimate of drug-likeness (QED) is 0.892. The van der Waals surface area contributed by atoms with E-state index in [1.165, 1.54) is 0 Å². The zero-order valence-electron chi connectivity index (χ0n) is 11.0. The lowest BCUT2D eigenvalue weighted by Crippen LogP contribution is -2.18. The van der Waals surface area contributed by atoms with Gasteiger partial charge in [0.2, 0.25) is 0 Å². The van der Waals surface area contributed by atoms with Gasteiger partial charge in [0.15, 0.2) is 0 Å². The second kappa shape index (κ2) is 5.96. The van der Waals surface area contributed by atoms with Gasteiger partial charge >= 0.3 is 0 Å². The summed E-state index contributed by atoms with van der Waals surface area (Å²) in [5.74, 6) is 1.61. The highest BCUT2D eigenvalue weighted by molar-refractivity contribution is 5.59. The Labute approximate surface area is 112 Å². The van der Waals surface area contributed by atoms with Crippen molar-refractivity contribution in [1.29, 1.82) is 5.26 Å². The van der Waals surface area contributed by atoms with E-state index in [1.807, 2.05) is 18.2 Å². The standard InChI is InChI=1S/C15H16N2O2/c1-11(8-13-4-3-7-19-13)17-14-6-5-12(10-16)9-15(14)18-2/h3-7,9,11,17H,8H2,1-2H3. The number of anilines is 1. The molecular formula is C15H16N2O2. The first kappa shape index (κ1) is 13.0. The molecule has 19 heavy (non-hydrogen) atoms. The number of rotatable bonds is 5. The Morgan fingerprint density at radius 1 is 1.42 bits per heavy atom. The number of hydrogen-bond donors (Lipinski definition) is 1. The Kier molecular flexibility index (Phi) is 4.09. The largest absolute Gasteiger partial charge is 0.495 e. The number of nitrogens with zero attached hydrogens (tertiary/aromatic N) is 1. The highest BCUT2D eigenvalue weighted by Gasteiger charge is 2.09. The van der Waals surface area contributed by atoms with Crippen LogP contribution in [0.25, 0.3) is 0 Å². The molecule has 0 aliphatic carbocycles. The number of benzene rings is 1. The molecule has 1 atom stereocenters. The summed E-state index contributed by atoms with van der Waals surface area (Å²) in [5.41, 5.74) is 1.46. The van der Waals surface area contributed by atoms with E-state index in [0.717, 1.165) is 17.9 Å². The number of furan rings is 1. The number of methoxy groups -OCH3 is 1. The molecule has 2 aromatic rings. The van der Waals surface area contributed by atoms with Gasteiger partial charge in [-0.1, -0.05) is 0 Å². The summed E-state index contributed by atoms with van der Waals surface area (Å²) in [6, 6.07) is 11.5. The Balaban J connectivity index is 2.08. The molecule has 0 saturated carbocycles. The molecule has 1 N–H and O–H groups in total. The molecule has 2 rings (SSSR count). The molecule has 0 bridgehead atoms. The fourth-order valence-corrected chi connectivity index (χ4v) is 1.93. The molecule has 4 heteroatoms. The average Bonchev–Trinajstić information content (AvgIpc) is 2.91. The van der Waals surface area contributed by atoms with Crippen LogP contribution < -0.4 is 10.1 Å². The molecule has 1 heterocycles. The van der Waals surface area contributed by atoms with Crippen LogP contribution in [0.5, 0.6) is 5.75 Å². The van der Waals surface area contributed by atoms with Crippen molar-refractivity contribution in [2.45, 2.75) is 19.4 Å². The number of ether oxygens (including phenoxy) is 1. The van der Waals surface area contributed by atoms with Gasteiger partial charge in [-0.15, -0.1) is 0 Å². The first-order valence-electron chi connectivity index (χ1n) is 6.10. The van der Waals surface area contributed by atoms with Crippen molar-refractivity contribution in [3.63, 3.8) is 0 Å². The van der Waals surface area contributed by atoms with Crippen LogP contribution in [0.15, 0.2) is 41.0 Å². The van der Waals surface area contributed by atoms with Crippen molar-refractivity contribution >= 4 is 5.69 Å². The Bertz CT molecular complexity index is 570. The predicted octanol–water partition coefficient (Wildman–Crippen LogP) is 3.20. The zero-order valence-corrected chi connectivity index (χ0v) is 11.0. The first-order valence-corrected chi connectivity index (χ1v) is 6.10. The number of nitrogens with one attached hydrogen (secondary N) is 1. The summed E-state index contributed by atoms with van der Waals surface area (Å²) >= 11 is 0. The molecule has 1 unspecified atom stereocenters. The van der Waals surface area contributed by atoms with Crippen LogP contribution in [0, 0.1) is 11.3 Å². The summed E-state index contributed by atoms with van der Waals surface area (Å²) in [6.07, 6.45) is 2.46. The van der Waals surface area contributed by atoms with Crippen LogP contribution in [0.4, 0.5) is 5.69 Å². The van der Waals surface area contributed by atoms with E-state index in [1.54, 1.807) is 25.5 Å². The molecular weight excluding hydrogens is 240 g/mol. The van der Waals surface area contributed by atoms with Crippen molar-refractivity contribution in [2.75, 3.05) is 12.4 Å². The van der Waals surface area contributed by atoms with E-state index in [-0.39, 0.29) is 6.04 Å². The van der Waals surface area contributed by atoms with Gasteiger partial charge in [-0.25, -0.2) is 0 Å². The van der Waals surface area contributed by atoms with Crippen molar-refractivity contribution in [3.8, 4) is 11.8 Å². The highest BCUT2D eigenvalue weighted by atomic mass is 16.5. The molecule has 0 aliphatic heterocycles. The van der Waals surface area contributed by atoms with E-state index in [9.17, 15) is 0 Å². The molecule has 0 saturated heterocycles. The number of hydrogen-bond acceptors (Lipinski definition) is 4. The maximum Gasteiger partial charge on any atom is 0.143 e. The summed E-state index contributed by atoms with van der Waals surface area (Å²) in [6.45, 7) is 2.07. The zero-order chi connectivity index (χ0) is 13.7. The molecule has 98 valence electrons. The lowest BCUT2D eigenvalue weighted by atomic mass is 10.1. The maximum absolute atomic E-state index is 8.86. The van der Waals surface area contributed by atoms with E-state index < -0.39 is 0 Å². The highest BCUT2D eigenvalue weighted by Crippen LogP contribution is 2.26. The third kappa shape index (κ3) is 3.29. The number of nitriles is 1. The van der Waals surface area contributed by atoms with Crippen LogP contribution in [-0.4, -0.2) is 13.2 Å². The fourth-order valence-electron chi connectivity index (χ4n) is 1.93. The summed E-state index contributed by atoms with van der Waals surface area (Å²) in [5, 5.41) is 12.2. The van der Waals surface area contributed by atoms with Gasteiger partial charge in [0.1, 0.15) is 11.5 Å². The smallest absolute Gasteiger partial charge is 0.143 e. The fraction of sp³-hybridized carbons (Fsp3) is 0.267. The molecule has 1 aromatic heterocycles. The van der Waals surface area contributed by atoms with Gasteiger partial charge in [0.05, 0.1) is 30.7 Å². The Morgan fingerprint density at radius 2 is 2.26 bits per heavy atom. The summed E-state index contributed by atoms with van der Waals surface area (Å²) in [7, 11) is 1.60. The topological polar surface area (TPSA) is 58.2 Å². The average molecular weight is 256 g/mol. The van der Waals surface area contributed by atoms with Crippen molar-refractivity contribution < 1.29 is 9.15 Å². The van der Waals surface area contributed by atoms with E-state index in [4.69, 9.17) is 14.4 Å². The van der Waals surface area contributed by atoms with Crippen molar-refractivity contribution in [3.05, 3.63) is 47.9 Å². The van der Waals surface area contributed by atoms with Gasteiger partial charge in [-0.3, -0.25) is 0 Å². The molecule has 0 aliphatic rings. The minimum Gasteiger partial charge on any atom is -0.495 e. The van der Waals surface area contributed by atoms with Crippen LogP contribution in [0.3, 0.4) is 0 Å². The lowest BCUT2D eigenvalue weighted by molar-refractivity contribution is 0.415. The predicted molar refractivity (Wildman–Crippen MR) is 73.2 cm³/mol. The van der Waals surface area contributed by atoms with Crippen LogP contribution in [0.1, 0.15) is 18.2 Å².